The van der Waals surface area contributed by atoms with Gasteiger partial charge in [0.1, 0.15) is 73.2 Å². The molecule has 0 saturated carbocycles. The molecule has 19 heteroatoms. The Kier molecular flexibility index (Phi) is 59.8. The fraction of sp³-hybridized carbons (Fsp3) is 0.964. The van der Waals surface area contributed by atoms with Crippen LogP contribution in [0.4, 0.5) is 0 Å². The van der Waals surface area contributed by atoms with Crippen LogP contribution in [0.5, 0.6) is 0 Å². The maximum Gasteiger partial charge on any atom is 0.220 e. The van der Waals surface area contributed by atoms with Crippen LogP contribution in [0.25, 0.3) is 0 Å². The summed E-state index contributed by atoms with van der Waals surface area (Å²) in [6.07, 6.45) is 50.7. The van der Waals surface area contributed by atoms with Gasteiger partial charge in [0.25, 0.3) is 0 Å². The van der Waals surface area contributed by atoms with Crippen molar-refractivity contribution in [2.24, 2.45) is 0 Å². The van der Waals surface area contributed by atoms with Crippen LogP contribution in [0, 0.1) is 0 Å². The van der Waals surface area contributed by atoms with Crippen LogP contribution in [0.2, 0.25) is 0 Å². The zero-order valence-corrected chi connectivity index (χ0v) is 64.9. The average molecular weight is 1460 g/mol. The molecule has 1 amide bonds. The topological polar surface area (TPSA) is 307 Å². The Balaban J connectivity index is 1.34. The molecule has 0 bridgehead atoms. The van der Waals surface area contributed by atoms with E-state index in [1.807, 2.05) is 6.08 Å². The lowest BCUT2D eigenvalue weighted by Gasteiger charge is -2.48. The predicted octanol–water partition coefficient (Wildman–Crippen LogP) is 15.1. The smallest absolute Gasteiger partial charge is 0.220 e. The van der Waals surface area contributed by atoms with Gasteiger partial charge in [-0.25, -0.2) is 0 Å². The Bertz CT molecular complexity index is 1890. The van der Waals surface area contributed by atoms with Crippen molar-refractivity contribution in [1.82, 2.24) is 5.32 Å². The third-order valence-corrected chi connectivity index (χ3v) is 21.8. The third-order valence-electron chi connectivity index (χ3n) is 21.8. The maximum atomic E-state index is 13.5. The van der Waals surface area contributed by atoms with Crippen LogP contribution in [0.3, 0.4) is 0 Å². The Morgan fingerprint density at radius 1 is 0.343 bits per heavy atom. The fourth-order valence-corrected chi connectivity index (χ4v) is 15.0. The largest absolute Gasteiger partial charge is 0.394 e. The standard InChI is InChI=1S/C83H159NO18/c1-3-5-7-9-11-13-15-17-19-21-23-25-27-29-30-31-32-33-34-35-36-37-39-41-43-45-47-49-51-53-55-57-59-61-71(89)84-66(67(88)60-58-56-54-52-50-48-46-44-42-40-38-28-26-24-22-20-18-16-14-12-10-8-6-4-2)65-97-81-77(95)74(92)79(69(63-86)99-81)102-83-78(96)75(93)80(70(64-87)100-83)101-82-76(94)73(91)72(90)68(62-85)98-82/h58,60,66-70,72-83,85-88,90-96H,3-57,59,61-65H2,1-2H3,(H,84,89)/b60-58+. The van der Waals surface area contributed by atoms with Gasteiger partial charge in [0.2, 0.25) is 5.91 Å². The van der Waals surface area contributed by atoms with Gasteiger partial charge in [-0.15, -0.1) is 0 Å². The van der Waals surface area contributed by atoms with Crippen LogP contribution < -0.4 is 5.32 Å². The summed E-state index contributed by atoms with van der Waals surface area (Å²) in [5.41, 5.74) is 0. The van der Waals surface area contributed by atoms with Crippen molar-refractivity contribution in [3.05, 3.63) is 12.2 Å². The number of aliphatic hydroxyl groups excluding tert-OH is 11. The minimum Gasteiger partial charge on any atom is -0.394 e. The highest BCUT2D eigenvalue weighted by Crippen LogP contribution is 2.34. The second kappa shape index (κ2) is 64.4. The van der Waals surface area contributed by atoms with Gasteiger partial charge in [-0.2, -0.15) is 0 Å². The summed E-state index contributed by atoms with van der Waals surface area (Å²) in [5.74, 6) is -0.265. The van der Waals surface area contributed by atoms with Crippen LogP contribution in [-0.2, 0) is 33.2 Å². The minimum absolute atomic E-state index is 0.250. The summed E-state index contributed by atoms with van der Waals surface area (Å²) in [6, 6.07) is -0.971. The van der Waals surface area contributed by atoms with E-state index in [4.69, 9.17) is 28.4 Å². The van der Waals surface area contributed by atoms with E-state index in [2.05, 4.69) is 19.2 Å². The lowest BCUT2D eigenvalue weighted by molar-refractivity contribution is -0.379. The summed E-state index contributed by atoms with van der Waals surface area (Å²) >= 11 is 0. The monoisotopic (exact) mass is 1460 g/mol. The number of amides is 1. The number of aliphatic hydroxyl groups is 11. The molecule has 102 heavy (non-hydrogen) atoms. The molecule has 3 aliphatic heterocycles. The molecule has 0 radical (unpaired) electrons. The van der Waals surface area contributed by atoms with E-state index < -0.39 is 124 Å². The predicted molar refractivity (Wildman–Crippen MR) is 407 cm³/mol. The number of ether oxygens (including phenoxy) is 6. The Morgan fingerprint density at radius 3 is 0.922 bits per heavy atom. The number of carbonyl (C=O) groups is 1. The van der Waals surface area contributed by atoms with Crippen molar-refractivity contribution in [1.29, 1.82) is 0 Å². The Hall–Kier alpha value is -1.47. The van der Waals surface area contributed by atoms with Gasteiger partial charge >= 0.3 is 0 Å². The molecule has 0 aliphatic carbocycles. The lowest BCUT2D eigenvalue weighted by atomic mass is 9.96. The van der Waals surface area contributed by atoms with E-state index in [9.17, 15) is 61.0 Å². The van der Waals surface area contributed by atoms with Gasteiger partial charge in [-0.3, -0.25) is 4.79 Å². The molecule has 3 heterocycles. The molecule has 0 aromatic rings. The molecule has 0 aromatic carbocycles. The maximum absolute atomic E-state index is 13.5. The molecule has 3 rings (SSSR count). The van der Waals surface area contributed by atoms with Gasteiger partial charge in [0.15, 0.2) is 18.9 Å². The second-order valence-corrected chi connectivity index (χ2v) is 31.0. The van der Waals surface area contributed by atoms with Crippen LogP contribution in [0.1, 0.15) is 380 Å². The van der Waals surface area contributed by atoms with Crippen molar-refractivity contribution < 1.29 is 89.4 Å². The van der Waals surface area contributed by atoms with Crippen molar-refractivity contribution in [3.8, 4) is 0 Å². The number of unbranched alkanes of at least 4 members (excludes halogenated alkanes) is 54. The van der Waals surface area contributed by atoms with E-state index in [1.165, 1.54) is 308 Å². The van der Waals surface area contributed by atoms with E-state index in [0.29, 0.717) is 6.42 Å². The molecular weight excluding hydrogens is 1300 g/mol. The normalized spacial score (nSPS) is 26.1. The number of hydrogen-bond donors (Lipinski definition) is 12. The highest BCUT2D eigenvalue weighted by molar-refractivity contribution is 5.76. The highest BCUT2D eigenvalue weighted by atomic mass is 16.8. The van der Waals surface area contributed by atoms with Gasteiger partial charge in [-0.05, 0) is 19.3 Å². The summed E-state index contributed by atoms with van der Waals surface area (Å²) in [4.78, 5) is 13.5. The quantitative estimate of drug-likeness (QED) is 0.0199. The number of carbonyl (C=O) groups excluding carboxylic acids is 1. The van der Waals surface area contributed by atoms with Crippen molar-refractivity contribution in [2.45, 2.75) is 484 Å². The number of rotatable bonds is 70. The summed E-state index contributed by atoms with van der Waals surface area (Å²) in [6.45, 7) is 1.81. The highest BCUT2D eigenvalue weighted by Gasteiger charge is 2.54. The van der Waals surface area contributed by atoms with Gasteiger partial charge < -0.3 is 89.9 Å². The molecule has 3 saturated heterocycles. The third kappa shape index (κ3) is 43.7. The summed E-state index contributed by atoms with van der Waals surface area (Å²) in [5, 5.41) is 121. The van der Waals surface area contributed by atoms with Crippen molar-refractivity contribution in [2.75, 3.05) is 26.4 Å². The first kappa shape index (κ1) is 94.7. The Labute approximate surface area is 620 Å². The zero-order chi connectivity index (χ0) is 73.9. The molecule has 604 valence electrons. The van der Waals surface area contributed by atoms with Crippen LogP contribution in [-0.4, -0.2) is 193 Å². The first-order valence-electron chi connectivity index (χ1n) is 42.9. The van der Waals surface area contributed by atoms with Crippen LogP contribution in [0.15, 0.2) is 12.2 Å². The number of hydrogen-bond acceptors (Lipinski definition) is 18. The van der Waals surface area contributed by atoms with Crippen molar-refractivity contribution >= 4 is 5.91 Å². The second-order valence-electron chi connectivity index (χ2n) is 31.0. The SMILES string of the molecule is CCCCCCCCCCCCCCCCCCCCCCCC/C=C/C(O)C(COC1OC(CO)C(OC2OC(CO)C(OC3OC(CO)C(O)C(O)C3O)C(O)C2O)C(O)C1O)NC(=O)CCCCCCCCCCCCCCCCCCCCCCCCCCCCCCCCCCC. The molecule has 17 unspecified atom stereocenters. The molecule has 3 aliphatic rings. The zero-order valence-electron chi connectivity index (χ0n) is 64.9. The number of nitrogens with one attached hydrogen (secondary N) is 1. The van der Waals surface area contributed by atoms with Gasteiger partial charge in [-0.1, -0.05) is 366 Å². The molecule has 0 spiro atoms. The number of allylic oxidation sites excluding steroid dienone is 1. The molecule has 12 N–H and O–H groups in total. The van der Waals surface area contributed by atoms with E-state index in [-0.39, 0.29) is 18.9 Å². The molecule has 0 aromatic heterocycles. The molecule has 17 atom stereocenters. The average Bonchev–Trinajstić information content (AvgIpc) is 0.781. The lowest BCUT2D eigenvalue weighted by Crippen LogP contribution is -2.66. The summed E-state index contributed by atoms with van der Waals surface area (Å²) < 4.78 is 34.5. The molecule has 3 fully saturated rings. The molecule has 19 nitrogen and oxygen atoms in total. The minimum atomic E-state index is -1.98. The Morgan fingerprint density at radius 2 is 0.608 bits per heavy atom. The summed E-state index contributed by atoms with van der Waals surface area (Å²) in [7, 11) is 0. The van der Waals surface area contributed by atoms with E-state index >= 15 is 0 Å². The van der Waals surface area contributed by atoms with E-state index in [1.54, 1.807) is 6.08 Å². The first-order chi connectivity index (χ1) is 49.8. The van der Waals surface area contributed by atoms with Gasteiger partial charge in [0, 0.05) is 6.42 Å². The molecular formula is C83H159NO18. The van der Waals surface area contributed by atoms with E-state index in [0.717, 1.165) is 44.9 Å². The van der Waals surface area contributed by atoms with Crippen LogP contribution >= 0.6 is 0 Å². The first-order valence-corrected chi connectivity index (χ1v) is 42.9. The van der Waals surface area contributed by atoms with Gasteiger partial charge in [0.05, 0.1) is 38.6 Å². The fourth-order valence-electron chi connectivity index (χ4n) is 15.0. The van der Waals surface area contributed by atoms with Crippen molar-refractivity contribution in [3.63, 3.8) is 0 Å².